The Bertz CT molecular complexity index is 635. The van der Waals surface area contributed by atoms with Crippen LogP contribution >= 0.6 is 0 Å². The van der Waals surface area contributed by atoms with Gasteiger partial charge in [0.1, 0.15) is 0 Å². The summed E-state index contributed by atoms with van der Waals surface area (Å²) in [5.41, 5.74) is -0.447. The van der Waals surface area contributed by atoms with E-state index in [2.05, 4.69) is 5.16 Å². The van der Waals surface area contributed by atoms with Crippen LogP contribution in [-0.2, 0) is 25.7 Å². The third-order valence-electron chi connectivity index (χ3n) is 4.29. The average molecular weight is 355 g/mol. The summed E-state index contributed by atoms with van der Waals surface area (Å²) in [6, 6.07) is 9.40. The third kappa shape index (κ3) is 3.98. The first-order chi connectivity index (χ1) is 11.5. The standard InChI is InChI=1S/C17H19F2NO4.CH4/c1-2-23-15(21)14-13-8-17(18,19)10-16(13,24-20-14)11-22-9-12-6-4-3-5-7-12;/h3-7,13H,2,8-11H2,1H3;1H4/t13-,16+;/m1./s1. The second-order valence-electron chi connectivity index (χ2n) is 6.12. The lowest BCUT2D eigenvalue weighted by Gasteiger charge is -2.26. The first-order valence-corrected chi connectivity index (χ1v) is 7.88. The Labute approximate surface area is 145 Å². The second-order valence-corrected chi connectivity index (χ2v) is 6.12. The van der Waals surface area contributed by atoms with Gasteiger partial charge in [-0.3, -0.25) is 0 Å². The van der Waals surface area contributed by atoms with E-state index in [9.17, 15) is 13.6 Å². The number of esters is 1. The fourth-order valence-corrected chi connectivity index (χ4v) is 3.24. The molecule has 7 heteroatoms. The number of rotatable bonds is 6. The van der Waals surface area contributed by atoms with Crippen LogP contribution in [0.3, 0.4) is 0 Å². The number of hydrogen-bond donors (Lipinski definition) is 0. The predicted octanol–water partition coefficient (Wildman–Crippen LogP) is 3.57. The molecular formula is C18H23F2NO4. The Kier molecular flexibility index (Phi) is 5.77. The van der Waals surface area contributed by atoms with Crippen LogP contribution in [0, 0.1) is 5.92 Å². The van der Waals surface area contributed by atoms with Crippen molar-refractivity contribution >= 4 is 11.7 Å². The van der Waals surface area contributed by atoms with Crippen LogP contribution < -0.4 is 0 Å². The van der Waals surface area contributed by atoms with Crippen LogP contribution in [0.2, 0.25) is 0 Å². The van der Waals surface area contributed by atoms with Gasteiger partial charge < -0.3 is 14.3 Å². The molecule has 5 nitrogen and oxygen atoms in total. The largest absolute Gasteiger partial charge is 0.461 e. The SMILES string of the molecule is C.CCOC(=O)C1=NO[C@]2(COCc3ccccc3)CC(F)(F)C[C@H]12. The molecule has 0 N–H and O–H groups in total. The van der Waals surface area contributed by atoms with Gasteiger partial charge >= 0.3 is 5.97 Å². The highest BCUT2D eigenvalue weighted by Gasteiger charge is 2.64. The van der Waals surface area contributed by atoms with E-state index in [1.54, 1.807) is 6.92 Å². The molecule has 1 heterocycles. The number of nitrogens with zero attached hydrogens (tertiary/aromatic N) is 1. The molecule has 25 heavy (non-hydrogen) atoms. The van der Waals surface area contributed by atoms with E-state index in [1.165, 1.54) is 0 Å². The van der Waals surface area contributed by atoms with Gasteiger partial charge in [0.05, 0.1) is 32.2 Å². The second kappa shape index (κ2) is 7.47. The van der Waals surface area contributed by atoms with E-state index in [1.807, 2.05) is 30.3 Å². The smallest absolute Gasteiger partial charge is 0.356 e. The zero-order chi connectivity index (χ0) is 17.2. The quantitative estimate of drug-likeness (QED) is 0.732. The summed E-state index contributed by atoms with van der Waals surface area (Å²) in [6.07, 6.45) is -1.01. The van der Waals surface area contributed by atoms with E-state index in [0.717, 1.165) is 5.56 Å². The first-order valence-electron chi connectivity index (χ1n) is 7.88. The minimum atomic E-state index is -2.92. The van der Waals surface area contributed by atoms with Crippen LogP contribution in [0.15, 0.2) is 35.5 Å². The van der Waals surface area contributed by atoms with Gasteiger partial charge in [0.2, 0.25) is 0 Å². The Morgan fingerprint density at radius 1 is 1.36 bits per heavy atom. The van der Waals surface area contributed by atoms with E-state index < -0.39 is 36.3 Å². The molecule has 0 aromatic heterocycles. The monoisotopic (exact) mass is 355 g/mol. The maximum absolute atomic E-state index is 13.9. The normalized spacial score (nSPS) is 26.2. The minimum Gasteiger partial charge on any atom is -0.461 e. The molecule has 0 spiro atoms. The third-order valence-corrected chi connectivity index (χ3v) is 4.29. The fourth-order valence-electron chi connectivity index (χ4n) is 3.24. The zero-order valence-corrected chi connectivity index (χ0v) is 13.3. The summed E-state index contributed by atoms with van der Waals surface area (Å²) in [7, 11) is 0. The Morgan fingerprint density at radius 3 is 2.76 bits per heavy atom. The minimum absolute atomic E-state index is 0. The molecule has 138 valence electrons. The molecule has 1 fully saturated rings. The molecule has 1 aliphatic heterocycles. The number of benzene rings is 1. The number of carbonyl (C=O) groups is 1. The first kappa shape index (κ1) is 19.3. The molecule has 1 saturated carbocycles. The number of halogens is 2. The van der Waals surface area contributed by atoms with Gasteiger partial charge in [0, 0.05) is 6.42 Å². The molecule has 3 rings (SSSR count). The summed E-state index contributed by atoms with van der Waals surface area (Å²) >= 11 is 0. The topological polar surface area (TPSA) is 57.1 Å². The van der Waals surface area contributed by atoms with Crippen molar-refractivity contribution in [3.8, 4) is 0 Å². The molecule has 0 radical (unpaired) electrons. The number of ether oxygens (including phenoxy) is 2. The summed E-state index contributed by atoms with van der Waals surface area (Å²) < 4.78 is 38.4. The van der Waals surface area contributed by atoms with Crippen molar-refractivity contribution in [1.29, 1.82) is 0 Å². The van der Waals surface area contributed by atoms with Gasteiger partial charge in [-0.1, -0.05) is 42.9 Å². The van der Waals surface area contributed by atoms with Crippen LogP contribution in [0.4, 0.5) is 8.78 Å². The zero-order valence-electron chi connectivity index (χ0n) is 13.3. The number of fused-ring (bicyclic) bond motifs is 1. The Morgan fingerprint density at radius 2 is 2.08 bits per heavy atom. The maximum atomic E-state index is 13.9. The Balaban J connectivity index is 0.00000225. The molecule has 1 aromatic rings. The lowest BCUT2D eigenvalue weighted by Crippen LogP contribution is -2.41. The van der Waals surface area contributed by atoms with Crippen molar-refractivity contribution in [2.45, 2.75) is 45.3 Å². The van der Waals surface area contributed by atoms with E-state index in [4.69, 9.17) is 14.3 Å². The van der Waals surface area contributed by atoms with Crippen molar-refractivity contribution in [2.24, 2.45) is 11.1 Å². The van der Waals surface area contributed by atoms with E-state index >= 15 is 0 Å². The Hall–Kier alpha value is -2.02. The number of hydrogen-bond acceptors (Lipinski definition) is 5. The number of oxime groups is 1. The van der Waals surface area contributed by atoms with E-state index in [0.29, 0.717) is 0 Å². The van der Waals surface area contributed by atoms with Crippen molar-refractivity contribution in [3.63, 3.8) is 0 Å². The number of carbonyl (C=O) groups excluding carboxylic acids is 1. The van der Waals surface area contributed by atoms with E-state index in [-0.39, 0.29) is 33.0 Å². The van der Waals surface area contributed by atoms with Crippen LogP contribution in [-0.4, -0.2) is 36.4 Å². The summed E-state index contributed by atoms with van der Waals surface area (Å²) in [4.78, 5) is 17.2. The molecular weight excluding hydrogens is 332 g/mol. The highest BCUT2D eigenvalue weighted by molar-refractivity contribution is 6.37. The highest BCUT2D eigenvalue weighted by atomic mass is 19.3. The molecule has 0 unspecified atom stereocenters. The lowest BCUT2D eigenvalue weighted by molar-refractivity contribution is -0.135. The average Bonchev–Trinajstić information content (AvgIpc) is 2.98. The summed E-state index contributed by atoms with van der Waals surface area (Å²) in [6.45, 7) is 2.01. The molecule has 1 aromatic carbocycles. The van der Waals surface area contributed by atoms with Gasteiger partial charge in [-0.25, -0.2) is 13.6 Å². The molecule has 2 atom stereocenters. The summed E-state index contributed by atoms with van der Waals surface area (Å²) in [5, 5.41) is 3.73. The van der Waals surface area contributed by atoms with Crippen molar-refractivity contribution in [1.82, 2.24) is 0 Å². The fraction of sp³-hybridized carbons (Fsp3) is 0.556. The van der Waals surface area contributed by atoms with Crippen LogP contribution in [0.5, 0.6) is 0 Å². The molecule has 0 bridgehead atoms. The van der Waals surface area contributed by atoms with Crippen molar-refractivity contribution < 1.29 is 27.9 Å². The molecule has 0 saturated heterocycles. The van der Waals surface area contributed by atoms with Crippen molar-refractivity contribution in [2.75, 3.05) is 13.2 Å². The molecule has 2 aliphatic rings. The summed E-state index contributed by atoms with van der Waals surface area (Å²) in [5.74, 6) is -4.44. The van der Waals surface area contributed by atoms with Gasteiger partial charge in [-0.15, -0.1) is 0 Å². The maximum Gasteiger partial charge on any atom is 0.356 e. The number of alkyl halides is 2. The van der Waals surface area contributed by atoms with Gasteiger partial charge in [-0.2, -0.15) is 0 Å². The van der Waals surface area contributed by atoms with Crippen LogP contribution in [0.25, 0.3) is 0 Å². The van der Waals surface area contributed by atoms with Gasteiger partial charge in [0.15, 0.2) is 11.3 Å². The molecule has 0 amide bonds. The lowest BCUT2D eigenvalue weighted by atomic mass is 9.88. The van der Waals surface area contributed by atoms with Gasteiger partial charge in [0.25, 0.3) is 5.92 Å². The van der Waals surface area contributed by atoms with Crippen molar-refractivity contribution in [3.05, 3.63) is 35.9 Å². The predicted molar refractivity (Wildman–Crippen MR) is 88.4 cm³/mol. The van der Waals surface area contributed by atoms with Crippen LogP contribution in [0.1, 0.15) is 32.8 Å². The highest BCUT2D eigenvalue weighted by Crippen LogP contribution is 2.51. The molecule has 1 aliphatic carbocycles. The van der Waals surface area contributed by atoms with Gasteiger partial charge in [-0.05, 0) is 12.5 Å².